The number of hydrogen-bond acceptors (Lipinski definition) is 3. The van der Waals surface area contributed by atoms with Crippen molar-refractivity contribution in [2.45, 2.75) is 6.92 Å². The van der Waals surface area contributed by atoms with E-state index in [2.05, 4.69) is 0 Å². The summed E-state index contributed by atoms with van der Waals surface area (Å²) in [5, 5.41) is 0. The zero-order chi connectivity index (χ0) is 15.4. The van der Waals surface area contributed by atoms with Gasteiger partial charge in [0.25, 0.3) is 5.91 Å². The number of nitrogens with zero attached hydrogens (tertiary/aromatic N) is 2. The van der Waals surface area contributed by atoms with E-state index in [1.165, 1.54) is 18.2 Å². The lowest BCUT2D eigenvalue weighted by Crippen LogP contribution is -2.52. The van der Waals surface area contributed by atoms with Gasteiger partial charge in [0.1, 0.15) is 5.82 Å². The van der Waals surface area contributed by atoms with E-state index in [-0.39, 0.29) is 30.1 Å². The molecule has 1 aromatic carbocycles. The molecule has 122 valence electrons. The van der Waals surface area contributed by atoms with Gasteiger partial charge >= 0.3 is 0 Å². The van der Waals surface area contributed by atoms with Crippen LogP contribution in [-0.2, 0) is 4.79 Å². The first kappa shape index (κ1) is 18.4. The number of piperazine rings is 1. The Morgan fingerprint density at radius 1 is 1.23 bits per heavy atom. The normalized spacial score (nSPS) is 16.0. The lowest BCUT2D eigenvalue weighted by Gasteiger charge is -2.36. The summed E-state index contributed by atoms with van der Waals surface area (Å²) >= 11 is 0. The third-order valence-electron chi connectivity index (χ3n) is 3.73. The monoisotopic (exact) mass is 329 g/mol. The molecule has 1 aliphatic heterocycles. The average molecular weight is 330 g/mol. The van der Waals surface area contributed by atoms with Crippen LogP contribution in [0.3, 0.4) is 0 Å². The van der Waals surface area contributed by atoms with Crippen molar-refractivity contribution in [2.24, 2.45) is 11.7 Å². The van der Waals surface area contributed by atoms with Gasteiger partial charge in [0, 0.05) is 44.2 Å². The Labute approximate surface area is 135 Å². The predicted octanol–water partition coefficient (Wildman–Crippen LogP) is 1.13. The molecule has 0 aromatic heterocycles. The molecule has 2 amide bonds. The van der Waals surface area contributed by atoms with Gasteiger partial charge in [0.2, 0.25) is 5.91 Å². The number of amides is 2. The topological polar surface area (TPSA) is 66.6 Å². The number of halogens is 2. The molecule has 2 rings (SSSR count). The molecule has 0 spiro atoms. The Morgan fingerprint density at radius 2 is 1.82 bits per heavy atom. The molecule has 1 aromatic rings. The van der Waals surface area contributed by atoms with E-state index in [0.717, 1.165) is 0 Å². The van der Waals surface area contributed by atoms with Crippen molar-refractivity contribution in [2.75, 3.05) is 32.7 Å². The number of nitrogens with two attached hydrogens (primary N) is 1. The van der Waals surface area contributed by atoms with Gasteiger partial charge in [-0.25, -0.2) is 4.39 Å². The number of rotatable bonds is 3. The highest BCUT2D eigenvalue weighted by Crippen LogP contribution is 2.12. The highest BCUT2D eigenvalue weighted by Gasteiger charge is 2.26. The summed E-state index contributed by atoms with van der Waals surface area (Å²) in [4.78, 5) is 27.6. The Morgan fingerprint density at radius 3 is 2.36 bits per heavy atom. The molecule has 0 saturated carbocycles. The summed E-state index contributed by atoms with van der Waals surface area (Å²) in [5.41, 5.74) is 5.84. The zero-order valence-corrected chi connectivity index (χ0v) is 13.3. The molecule has 1 heterocycles. The molecule has 1 unspecified atom stereocenters. The van der Waals surface area contributed by atoms with Crippen LogP contribution in [0.5, 0.6) is 0 Å². The summed E-state index contributed by atoms with van der Waals surface area (Å²) in [6, 6.07) is 5.66. The van der Waals surface area contributed by atoms with Crippen molar-refractivity contribution in [1.82, 2.24) is 9.80 Å². The summed E-state index contributed by atoms with van der Waals surface area (Å²) in [6.45, 7) is 4.01. The van der Waals surface area contributed by atoms with Crippen LogP contribution in [0.1, 0.15) is 17.3 Å². The maximum Gasteiger partial charge on any atom is 0.254 e. The predicted molar refractivity (Wildman–Crippen MR) is 84.3 cm³/mol. The molecule has 1 fully saturated rings. The van der Waals surface area contributed by atoms with Crippen LogP contribution in [0.25, 0.3) is 0 Å². The number of carbonyl (C=O) groups is 2. The Bertz CT molecular complexity index is 533. The van der Waals surface area contributed by atoms with Crippen LogP contribution in [0.15, 0.2) is 24.3 Å². The fourth-order valence-corrected chi connectivity index (χ4v) is 2.35. The fourth-order valence-electron chi connectivity index (χ4n) is 2.35. The fraction of sp³-hybridized carbons (Fsp3) is 0.467. The van der Waals surface area contributed by atoms with Crippen LogP contribution in [0.4, 0.5) is 4.39 Å². The maximum atomic E-state index is 13.2. The molecule has 0 aliphatic carbocycles. The minimum absolute atomic E-state index is 0. The highest BCUT2D eigenvalue weighted by molar-refractivity contribution is 5.94. The van der Waals surface area contributed by atoms with Crippen LogP contribution in [0, 0.1) is 11.7 Å². The van der Waals surface area contributed by atoms with Gasteiger partial charge in [0.05, 0.1) is 0 Å². The largest absolute Gasteiger partial charge is 0.339 e. The first-order chi connectivity index (χ1) is 10.0. The molecule has 1 atom stereocenters. The molecule has 5 nitrogen and oxygen atoms in total. The van der Waals surface area contributed by atoms with Gasteiger partial charge in [-0.1, -0.05) is 13.0 Å². The van der Waals surface area contributed by atoms with Gasteiger partial charge in [-0.3, -0.25) is 9.59 Å². The van der Waals surface area contributed by atoms with Crippen LogP contribution < -0.4 is 5.73 Å². The van der Waals surface area contributed by atoms with E-state index in [0.29, 0.717) is 38.3 Å². The lowest BCUT2D eigenvalue weighted by atomic mass is 10.1. The van der Waals surface area contributed by atoms with Crippen molar-refractivity contribution in [3.05, 3.63) is 35.6 Å². The number of hydrogen-bond donors (Lipinski definition) is 1. The number of carbonyl (C=O) groups excluding carboxylic acids is 2. The summed E-state index contributed by atoms with van der Waals surface area (Å²) in [7, 11) is 0. The van der Waals surface area contributed by atoms with Crippen molar-refractivity contribution in [1.29, 1.82) is 0 Å². The first-order valence-electron chi connectivity index (χ1n) is 7.06. The SMILES string of the molecule is CC(CN)C(=O)N1CCN(C(=O)c2cccc(F)c2)CC1.Cl. The zero-order valence-electron chi connectivity index (χ0n) is 12.5. The second-order valence-corrected chi connectivity index (χ2v) is 5.26. The number of benzene rings is 1. The summed E-state index contributed by atoms with van der Waals surface area (Å²) in [5.74, 6) is -0.800. The van der Waals surface area contributed by atoms with E-state index < -0.39 is 5.82 Å². The standard InChI is InChI=1S/C15H20FN3O2.ClH/c1-11(10-17)14(20)18-5-7-19(8-6-18)15(21)12-3-2-4-13(16)9-12;/h2-4,9,11H,5-8,10,17H2,1H3;1H. The van der Waals surface area contributed by atoms with Gasteiger partial charge in [-0.2, -0.15) is 0 Å². The van der Waals surface area contributed by atoms with Crippen LogP contribution >= 0.6 is 12.4 Å². The van der Waals surface area contributed by atoms with Crippen molar-refractivity contribution in [3.63, 3.8) is 0 Å². The smallest absolute Gasteiger partial charge is 0.254 e. The second-order valence-electron chi connectivity index (χ2n) is 5.26. The molecule has 2 N–H and O–H groups in total. The summed E-state index contributed by atoms with van der Waals surface area (Å²) < 4.78 is 13.2. The third kappa shape index (κ3) is 4.18. The van der Waals surface area contributed by atoms with Gasteiger partial charge in [-0.05, 0) is 18.2 Å². The third-order valence-corrected chi connectivity index (χ3v) is 3.73. The van der Waals surface area contributed by atoms with Gasteiger partial charge in [-0.15, -0.1) is 12.4 Å². The Balaban J connectivity index is 0.00000242. The molecular formula is C15H21ClFN3O2. The Kier molecular flexibility index (Phi) is 6.77. The molecule has 7 heteroatoms. The van der Waals surface area contributed by atoms with Crippen molar-refractivity contribution in [3.8, 4) is 0 Å². The van der Waals surface area contributed by atoms with E-state index >= 15 is 0 Å². The van der Waals surface area contributed by atoms with Gasteiger partial charge in [0.15, 0.2) is 0 Å². The van der Waals surface area contributed by atoms with Crippen molar-refractivity contribution >= 4 is 24.2 Å². The molecule has 0 bridgehead atoms. The quantitative estimate of drug-likeness (QED) is 0.904. The van der Waals surface area contributed by atoms with E-state index in [1.54, 1.807) is 22.8 Å². The van der Waals surface area contributed by atoms with E-state index in [9.17, 15) is 14.0 Å². The summed E-state index contributed by atoms with van der Waals surface area (Å²) in [6.07, 6.45) is 0. The Hall–Kier alpha value is -1.66. The molecule has 1 saturated heterocycles. The minimum Gasteiger partial charge on any atom is -0.339 e. The molecule has 1 aliphatic rings. The average Bonchev–Trinajstić information content (AvgIpc) is 2.53. The lowest BCUT2D eigenvalue weighted by molar-refractivity contribution is -0.136. The first-order valence-corrected chi connectivity index (χ1v) is 7.06. The second kappa shape index (κ2) is 8.10. The molecule has 22 heavy (non-hydrogen) atoms. The van der Waals surface area contributed by atoms with Crippen LogP contribution in [0.2, 0.25) is 0 Å². The maximum absolute atomic E-state index is 13.2. The van der Waals surface area contributed by atoms with Gasteiger partial charge < -0.3 is 15.5 Å². The van der Waals surface area contributed by atoms with Crippen molar-refractivity contribution < 1.29 is 14.0 Å². The van der Waals surface area contributed by atoms with E-state index in [4.69, 9.17) is 5.73 Å². The van der Waals surface area contributed by atoms with E-state index in [1.807, 2.05) is 0 Å². The molecule has 0 radical (unpaired) electrons. The highest BCUT2D eigenvalue weighted by atomic mass is 35.5. The van der Waals surface area contributed by atoms with Crippen LogP contribution in [-0.4, -0.2) is 54.3 Å². The molecular weight excluding hydrogens is 309 g/mol. The minimum atomic E-state index is -0.425.